The number of rotatable bonds is 11. The number of hydrogen-bond donors (Lipinski definition) is 3. The van der Waals surface area contributed by atoms with E-state index in [9.17, 15) is 27.6 Å². The first-order chi connectivity index (χ1) is 30.9. The van der Waals surface area contributed by atoms with Crippen molar-refractivity contribution >= 4 is 50.6 Å². The van der Waals surface area contributed by atoms with E-state index < -0.39 is 68.7 Å². The number of pyridine rings is 1. The maximum atomic E-state index is 15.1. The lowest BCUT2D eigenvalue weighted by Crippen LogP contribution is -2.59. The van der Waals surface area contributed by atoms with Crippen molar-refractivity contribution in [3.05, 3.63) is 54.6 Å². The number of fused-ring (bicyclic) bond motifs is 5. The average Bonchev–Trinajstić information content (AvgIpc) is 3.94. The molecule has 9 rings (SSSR count). The molecule has 7 atom stereocenters. The van der Waals surface area contributed by atoms with E-state index >= 15 is 4.79 Å². The Morgan fingerprint density at radius 1 is 0.984 bits per heavy atom. The average molecular weight is 901 g/mol. The SMILES string of the molecule is C=C[C@@H]1C[C@]1(NC(=O)[C@@H]1C[C@@H]2CN1C(=O)[C@H](C1CCCC1)NC(=O)O[C@@H]1CCC[C@H]1CC/C=C/Cc1c(nc3ccccc3c1OCCN1CCCC1=O)O2)C(=O)NS(=O)(=O)C1CC1. The number of nitrogens with zero attached hydrogens (tertiary/aromatic N) is 3. The van der Waals surface area contributed by atoms with Gasteiger partial charge < -0.3 is 34.6 Å². The Kier molecular flexibility index (Phi) is 12.6. The zero-order valence-electron chi connectivity index (χ0n) is 36.3. The molecule has 6 fully saturated rings. The minimum atomic E-state index is -3.93. The smallest absolute Gasteiger partial charge is 0.408 e. The van der Waals surface area contributed by atoms with E-state index in [0.29, 0.717) is 68.4 Å². The summed E-state index contributed by atoms with van der Waals surface area (Å²) in [6, 6.07) is 5.46. The van der Waals surface area contributed by atoms with Gasteiger partial charge in [0.1, 0.15) is 42.2 Å². The molecule has 4 heterocycles. The topological polar surface area (TPSA) is 203 Å². The molecule has 7 aliphatic rings. The van der Waals surface area contributed by atoms with Crippen LogP contribution in [-0.2, 0) is 40.4 Å². The molecule has 0 radical (unpaired) electrons. The largest absolute Gasteiger partial charge is 0.491 e. The number of hydrogen-bond acceptors (Lipinski definition) is 11. The van der Waals surface area contributed by atoms with Gasteiger partial charge in [-0.2, -0.15) is 0 Å². The minimum Gasteiger partial charge on any atom is -0.491 e. The highest BCUT2D eigenvalue weighted by Gasteiger charge is 2.62. The summed E-state index contributed by atoms with van der Waals surface area (Å²) in [6.07, 6.45) is 14.1. The molecular weight excluding hydrogens is 841 g/mol. The molecule has 2 aromatic rings. The summed E-state index contributed by atoms with van der Waals surface area (Å²) in [6.45, 7) is 5.16. The predicted molar refractivity (Wildman–Crippen MR) is 235 cm³/mol. The zero-order chi connectivity index (χ0) is 44.6. The molecular formula is C47H60N6O10S. The van der Waals surface area contributed by atoms with E-state index in [1.54, 1.807) is 0 Å². The second-order valence-corrected chi connectivity index (χ2v) is 20.8. The normalized spacial score (nSPS) is 30.6. The first kappa shape index (κ1) is 44.0. The number of allylic oxidation sites excluding steroid dienone is 2. The van der Waals surface area contributed by atoms with Crippen LogP contribution < -0.4 is 24.8 Å². The van der Waals surface area contributed by atoms with E-state index in [-0.39, 0.29) is 55.7 Å². The van der Waals surface area contributed by atoms with Gasteiger partial charge >= 0.3 is 6.09 Å². The van der Waals surface area contributed by atoms with E-state index in [1.165, 1.54) is 11.0 Å². The number of sulfonamides is 1. The molecule has 3 aliphatic heterocycles. The van der Waals surface area contributed by atoms with E-state index in [1.807, 2.05) is 29.2 Å². The van der Waals surface area contributed by atoms with Crippen molar-refractivity contribution in [1.82, 2.24) is 30.1 Å². The maximum absolute atomic E-state index is 15.1. The quantitative estimate of drug-likeness (QED) is 0.266. The first-order valence-electron chi connectivity index (χ1n) is 23.4. The van der Waals surface area contributed by atoms with Crippen LogP contribution in [0.4, 0.5) is 4.79 Å². The summed E-state index contributed by atoms with van der Waals surface area (Å²) in [7, 11) is -3.93. The Morgan fingerprint density at radius 2 is 1.78 bits per heavy atom. The number of ether oxygens (including phenoxy) is 3. The van der Waals surface area contributed by atoms with Crippen molar-refractivity contribution in [3.63, 3.8) is 0 Å². The van der Waals surface area contributed by atoms with Crippen molar-refractivity contribution in [1.29, 1.82) is 0 Å². The molecule has 2 bridgehead atoms. The van der Waals surface area contributed by atoms with Crippen LogP contribution in [-0.4, -0.2) is 114 Å². The van der Waals surface area contributed by atoms with Gasteiger partial charge in [0.15, 0.2) is 0 Å². The minimum absolute atomic E-state index is 0.0109. The van der Waals surface area contributed by atoms with Crippen LogP contribution in [0.1, 0.15) is 102 Å². The third kappa shape index (κ3) is 9.18. The van der Waals surface area contributed by atoms with Gasteiger partial charge in [-0.3, -0.25) is 23.9 Å². The van der Waals surface area contributed by atoms with Crippen LogP contribution in [0.15, 0.2) is 49.1 Å². The van der Waals surface area contributed by atoms with Crippen molar-refractivity contribution < 1.29 is 46.6 Å². The maximum Gasteiger partial charge on any atom is 0.408 e. The molecule has 3 N–H and O–H groups in total. The fraction of sp³-hybridized carbons (Fsp3) is 0.617. The second-order valence-electron chi connectivity index (χ2n) is 18.8. The lowest BCUT2D eigenvalue weighted by molar-refractivity contribution is -0.142. The van der Waals surface area contributed by atoms with E-state index in [4.69, 9.17) is 19.2 Å². The number of likely N-dealkylation sites (tertiary alicyclic amines) is 1. The number of carbonyl (C=O) groups excluding carboxylic acids is 5. The van der Waals surface area contributed by atoms with Crippen molar-refractivity contribution in [2.24, 2.45) is 17.8 Å². The van der Waals surface area contributed by atoms with Crippen LogP contribution in [0.3, 0.4) is 0 Å². The molecule has 2 saturated heterocycles. The third-order valence-electron chi connectivity index (χ3n) is 14.5. The van der Waals surface area contributed by atoms with E-state index in [2.05, 4.69) is 34.1 Å². The number of alkyl carbamates (subject to hydrolysis) is 1. The lowest BCUT2D eigenvalue weighted by Gasteiger charge is -2.32. The van der Waals surface area contributed by atoms with Gasteiger partial charge in [-0.1, -0.05) is 43.2 Å². The highest BCUT2D eigenvalue weighted by atomic mass is 32.2. The van der Waals surface area contributed by atoms with Gasteiger partial charge in [0.2, 0.25) is 33.6 Å². The number of amides is 5. The summed E-state index contributed by atoms with van der Waals surface area (Å²) < 4.78 is 47.5. The third-order valence-corrected chi connectivity index (χ3v) is 16.3. The molecule has 344 valence electrons. The standard InChI is InChI=1S/C47H60N6O10S/c1-2-31-27-47(31,45(57)51-64(59,60)33-21-22-33)50-42(55)37-26-32-28-53(37)44(56)40(30-13-6-7-14-30)49-46(58)63-38-19-10-15-29(38)12-4-3-5-17-35-41(61-25-24-52-23-11-20-39(52)54)34-16-8-9-18-36(34)48-43(35)62-32/h2-3,5,8-9,16,18,29-33,37-38,40H,1,4,6-7,10-15,17,19-28H2,(H,49,58)(H,50,55)(H,51,57)/b5-3+/t29-,31-,32-,37+,38-,40+,47-/m1/s1. The highest BCUT2D eigenvalue weighted by Crippen LogP contribution is 2.46. The lowest BCUT2D eigenvalue weighted by atomic mass is 9.96. The molecule has 1 aromatic carbocycles. The number of carbonyl (C=O) groups is 5. The molecule has 0 unspecified atom stereocenters. The fourth-order valence-corrected chi connectivity index (χ4v) is 12.0. The van der Waals surface area contributed by atoms with Crippen LogP contribution in [0.2, 0.25) is 0 Å². The van der Waals surface area contributed by atoms with Crippen LogP contribution in [0, 0.1) is 17.8 Å². The molecule has 4 aliphatic carbocycles. The second kappa shape index (κ2) is 18.4. The number of benzene rings is 1. The number of para-hydroxylation sites is 1. The first-order valence-corrected chi connectivity index (χ1v) is 24.9. The Morgan fingerprint density at radius 3 is 2.53 bits per heavy atom. The van der Waals surface area contributed by atoms with Gasteiger partial charge in [0.05, 0.1) is 29.4 Å². The van der Waals surface area contributed by atoms with Crippen LogP contribution in [0.25, 0.3) is 10.9 Å². The van der Waals surface area contributed by atoms with Gasteiger partial charge in [0, 0.05) is 30.7 Å². The van der Waals surface area contributed by atoms with Crippen LogP contribution in [0.5, 0.6) is 11.6 Å². The summed E-state index contributed by atoms with van der Waals surface area (Å²) in [4.78, 5) is 78.0. The molecule has 64 heavy (non-hydrogen) atoms. The zero-order valence-corrected chi connectivity index (χ0v) is 37.2. The van der Waals surface area contributed by atoms with E-state index in [0.717, 1.165) is 56.8 Å². The molecule has 4 saturated carbocycles. The van der Waals surface area contributed by atoms with Gasteiger partial charge in [0.25, 0.3) is 5.91 Å². The Labute approximate surface area is 374 Å². The monoisotopic (exact) mass is 900 g/mol. The van der Waals surface area contributed by atoms with Gasteiger partial charge in [-0.05, 0) is 101 Å². The van der Waals surface area contributed by atoms with Gasteiger partial charge in [-0.25, -0.2) is 18.2 Å². The summed E-state index contributed by atoms with van der Waals surface area (Å²) in [5, 5.41) is 5.95. The molecule has 0 spiro atoms. The molecule has 17 heteroatoms. The van der Waals surface area contributed by atoms with Gasteiger partial charge in [-0.15, -0.1) is 6.58 Å². The van der Waals surface area contributed by atoms with Crippen molar-refractivity contribution in [3.8, 4) is 11.6 Å². The molecule has 5 amide bonds. The van der Waals surface area contributed by atoms with Crippen molar-refractivity contribution in [2.75, 3.05) is 26.2 Å². The molecule has 16 nitrogen and oxygen atoms in total. The van der Waals surface area contributed by atoms with Crippen LogP contribution >= 0.6 is 0 Å². The molecule has 1 aromatic heterocycles. The number of nitrogens with one attached hydrogen (secondary N) is 3. The Hall–Kier alpha value is -5.19. The predicted octanol–water partition coefficient (Wildman–Crippen LogP) is 4.60. The fourth-order valence-electron chi connectivity index (χ4n) is 10.7. The van der Waals surface area contributed by atoms with Crippen molar-refractivity contribution in [2.45, 2.75) is 138 Å². The Balaban J connectivity index is 1.07. The summed E-state index contributed by atoms with van der Waals surface area (Å²) >= 11 is 0. The number of aromatic nitrogens is 1. The summed E-state index contributed by atoms with van der Waals surface area (Å²) in [5.41, 5.74) is -0.266. The Bertz CT molecular complexity index is 2310. The highest BCUT2D eigenvalue weighted by molar-refractivity contribution is 7.91. The summed E-state index contributed by atoms with van der Waals surface area (Å²) in [5.74, 6) is -1.54.